The second-order valence-corrected chi connectivity index (χ2v) is 6.16. The van der Waals surface area contributed by atoms with Crippen molar-refractivity contribution in [1.29, 1.82) is 0 Å². The van der Waals surface area contributed by atoms with Crippen molar-refractivity contribution in [2.45, 2.75) is 32.6 Å². The minimum atomic E-state index is 0.297. The number of aryl methyl sites for hydroxylation is 1. The summed E-state index contributed by atoms with van der Waals surface area (Å²) in [6, 6.07) is 2.07. The van der Waals surface area contributed by atoms with Gasteiger partial charge >= 0.3 is 0 Å². The number of ether oxygens (including phenoxy) is 1. The molecule has 0 aliphatic heterocycles. The molecule has 96 valence electrons. The number of thiophene rings is 1. The molecule has 2 aromatic rings. The number of anilines is 1. The number of aromatic nitrogens is 2. The van der Waals surface area contributed by atoms with Gasteiger partial charge in [0.1, 0.15) is 4.83 Å². The van der Waals surface area contributed by atoms with Crippen LogP contribution in [0.15, 0.2) is 6.07 Å². The van der Waals surface area contributed by atoms with E-state index < -0.39 is 0 Å². The maximum absolute atomic E-state index is 5.87. The summed E-state index contributed by atoms with van der Waals surface area (Å²) in [6.45, 7) is 2.81. The van der Waals surface area contributed by atoms with E-state index in [2.05, 4.69) is 23.0 Å². The fourth-order valence-electron chi connectivity index (χ4n) is 2.52. The minimum Gasteiger partial charge on any atom is -0.477 e. The van der Waals surface area contributed by atoms with Gasteiger partial charge in [-0.3, -0.25) is 0 Å². The largest absolute Gasteiger partial charge is 0.477 e. The maximum atomic E-state index is 5.87. The average molecular weight is 263 g/mol. The van der Waals surface area contributed by atoms with Crippen LogP contribution in [0.3, 0.4) is 0 Å². The highest BCUT2D eigenvalue weighted by Crippen LogP contribution is 2.32. The third-order valence-corrected chi connectivity index (χ3v) is 4.37. The van der Waals surface area contributed by atoms with Gasteiger partial charge in [0, 0.05) is 4.88 Å². The minimum absolute atomic E-state index is 0.297. The van der Waals surface area contributed by atoms with Crippen LogP contribution in [0, 0.1) is 12.8 Å². The standard InChI is InChI=1S/C13H17N3OS/c1-8-6-10-11(15-13(14)16-12(10)18-8)17-7-9-4-2-3-5-9/h6,9H,2-5,7H2,1H3,(H2,14,15,16). The topological polar surface area (TPSA) is 61.0 Å². The second kappa shape index (κ2) is 4.72. The monoisotopic (exact) mass is 263 g/mol. The van der Waals surface area contributed by atoms with Crippen molar-refractivity contribution in [3.63, 3.8) is 0 Å². The highest BCUT2D eigenvalue weighted by molar-refractivity contribution is 7.18. The summed E-state index contributed by atoms with van der Waals surface area (Å²) in [5, 5.41) is 0.990. The van der Waals surface area contributed by atoms with E-state index in [4.69, 9.17) is 10.5 Å². The molecule has 1 aliphatic carbocycles. The first-order chi connectivity index (χ1) is 8.72. The molecule has 0 radical (unpaired) electrons. The van der Waals surface area contributed by atoms with Crippen LogP contribution in [0.25, 0.3) is 10.2 Å². The molecule has 2 heterocycles. The molecule has 0 spiro atoms. The molecule has 0 saturated heterocycles. The number of hydrogen-bond donors (Lipinski definition) is 1. The van der Waals surface area contributed by atoms with Crippen molar-refractivity contribution in [1.82, 2.24) is 9.97 Å². The maximum Gasteiger partial charge on any atom is 0.227 e. The highest BCUT2D eigenvalue weighted by atomic mass is 32.1. The molecule has 0 amide bonds. The average Bonchev–Trinajstić information content (AvgIpc) is 2.93. The summed E-state index contributed by atoms with van der Waals surface area (Å²) in [7, 11) is 0. The lowest BCUT2D eigenvalue weighted by molar-refractivity contribution is 0.246. The fourth-order valence-corrected chi connectivity index (χ4v) is 3.39. The molecular weight excluding hydrogens is 246 g/mol. The van der Waals surface area contributed by atoms with Crippen LogP contribution in [-0.2, 0) is 0 Å². The predicted molar refractivity (Wildman–Crippen MR) is 74.0 cm³/mol. The Morgan fingerprint density at radius 3 is 2.94 bits per heavy atom. The molecule has 5 heteroatoms. The number of nitrogens with zero attached hydrogens (tertiary/aromatic N) is 2. The molecule has 2 N–H and O–H groups in total. The summed E-state index contributed by atoms with van der Waals surface area (Å²) in [6.07, 6.45) is 5.19. The molecular formula is C13H17N3OS. The third kappa shape index (κ3) is 2.27. The van der Waals surface area contributed by atoms with E-state index in [1.54, 1.807) is 11.3 Å². The van der Waals surface area contributed by atoms with E-state index in [0.717, 1.165) is 16.8 Å². The Kier molecular flexibility index (Phi) is 3.07. The summed E-state index contributed by atoms with van der Waals surface area (Å²) in [5.41, 5.74) is 5.72. The number of fused-ring (bicyclic) bond motifs is 1. The first-order valence-corrected chi connectivity index (χ1v) is 7.20. The summed E-state index contributed by atoms with van der Waals surface area (Å²) >= 11 is 1.63. The summed E-state index contributed by atoms with van der Waals surface area (Å²) in [5.74, 6) is 1.62. The van der Waals surface area contributed by atoms with Gasteiger partial charge in [-0.05, 0) is 31.7 Å². The van der Waals surface area contributed by atoms with Gasteiger partial charge in [-0.15, -0.1) is 11.3 Å². The van der Waals surface area contributed by atoms with E-state index in [1.165, 1.54) is 30.6 Å². The van der Waals surface area contributed by atoms with Crippen LogP contribution in [0.4, 0.5) is 5.95 Å². The van der Waals surface area contributed by atoms with Gasteiger partial charge in [0.2, 0.25) is 11.8 Å². The Morgan fingerprint density at radius 1 is 1.39 bits per heavy atom. The van der Waals surface area contributed by atoms with Crippen molar-refractivity contribution in [3.8, 4) is 5.88 Å². The highest BCUT2D eigenvalue weighted by Gasteiger charge is 2.17. The molecule has 0 bridgehead atoms. The zero-order valence-corrected chi connectivity index (χ0v) is 11.3. The molecule has 1 saturated carbocycles. The summed E-state index contributed by atoms with van der Waals surface area (Å²) in [4.78, 5) is 10.6. The zero-order chi connectivity index (χ0) is 12.5. The first-order valence-electron chi connectivity index (χ1n) is 6.39. The summed E-state index contributed by atoms with van der Waals surface area (Å²) < 4.78 is 5.87. The van der Waals surface area contributed by atoms with Crippen LogP contribution in [0.1, 0.15) is 30.6 Å². The van der Waals surface area contributed by atoms with Crippen molar-refractivity contribution in [3.05, 3.63) is 10.9 Å². The van der Waals surface area contributed by atoms with Crippen molar-refractivity contribution in [2.24, 2.45) is 5.92 Å². The molecule has 1 aliphatic rings. The van der Waals surface area contributed by atoms with Crippen molar-refractivity contribution < 1.29 is 4.74 Å². The van der Waals surface area contributed by atoms with Crippen molar-refractivity contribution in [2.75, 3.05) is 12.3 Å². The van der Waals surface area contributed by atoms with Gasteiger partial charge in [0.05, 0.1) is 12.0 Å². The molecule has 2 aromatic heterocycles. The van der Waals surface area contributed by atoms with Crippen LogP contribution in [0.2, 0.25) is 0 Å². The predicted octanol–water partition coefficient (Wildman–Crippen LogP) is 3.15. The lowest BCUT2D eigenvalue weighted by atomic mass is 10.1. The van der Waals surface area contributed by atoms with E-state index in [9.17, 15) is 0 Å². The van der Waals surface area contributed by atoms with Gasteiger partial charge in [-0.2, -0.15) is 4.98 Å². The van der Waals surface area contributed by atoms with Crippen molar-refractivity contribution >= 4 is 27.5 Å². The molecule has 18 heavy (non-hydrogen) atoms. The number of rotatable bonds is 3. The van der Waals surface area contributed by atoms with Crippen LogP contribution < -0.4 is 10.5 Å². The molecule has 1 fully saturated rings. The Labute approximate surface area is 110 Å². The Balaban J connectivity index is 1.85. The lowest BCUT2D eigenvalue weighted by Gasteiger charge is -2.11. The lowest BCUT2D eigenvalue weighted by Crippen LogP contribution is -2.10. The molecule has 3 rings (SSSR count). The number of nitrogens with two attached hydrogens (primary N) is 1. The van der Waals surface area contributed by atoms with Crippen LogP contribution in [0.5, 0.6) is 5.88 Å². The fraction of sp³-hybridized carbons (Fsp3) is 0.538. The van der Waals surface area contributed by atoms with Gasteiger partial charge < -0.3 is 10.5 Å². The van der Waals surface area contributed by atoms with Crippen LogP contribution >= 0.6 is 11.3 Å². The van der Waals surface area contributed by atoms with Gasteiger partial charge in [0.25, 0.3) is 0 Å². The number of hydrogen-bond acceptors (Lipinski definition) is 5. The Hall–Kier alpha value is -1.36. The second-order valence-electron chi connectivity index (χ2n) is 4.92. The molecule has 0 unspecified atom stereocenters. The quantitative estimate of drug-likeness (QED) is 0.924. The molecule has 0 atom stereocenters. The van der Waals surface area contributed by atoms with E-state index in [1.807, 2.05) is 0 Å². The SMILES string of the molecule is Cc1cc2c(OCC3CCCC3)nc(N)nc2s1. The zero-order valence-electron chi connectivity index (χ0n) is 10.5. The van der Waals surface area contributed by atoms with Gasteiger partial charge in [-0.25, -0.2) is 4.98 Å². The van der Waals surface area contributed by atoms with Gasteiger partial charge in [-0.1, -0.05) is 12.8 Å². The normalized spacial score (nSPS) is 16.5. The van der Waals surface area contributed by atoms with E-state index >= 15 is 0 Å². The molecule has 0 aromatic carbocycles. The smallest absolute Gasteiger partial charge is 0.227 e. The van der Waals surface area contributed by atoms with Crippen LogP contribution in [-0.4, -0.2) is 16.6 Å². The Morgan fingerprint density at radius 2 is 2.17 bits per heavy atom. The number of nitrogen functional groups attached to an aromatic ring is 1. The first kappa shape index (κ1) is 11.7. The third-order valence-electron chi connectivity index (χ3n) is 3.43. The van der Waals surface area contributed by atoms with Gasteiger partial charge in [0.15, 0.2) is 0 Å². The van der Waals surface area contributed by atoms with E-state index in [0.29, 0.717) is 17.7 Å². The Bertz CT molecular complexity index is 561. The molecule has 4 nitrogen and oxygen atoms in total. The van der Waals surface area contributed by atoms with E-state index in [-0.39, 0.29) is 0 Å².